The van der Waals surface area contributed by atoms with Crippen molar-refractivity contribution < 1.29 is 9.90 Å². The van der Waals surface area contributed by atoms with Gasteiger partial charge in [-0.25, -0.2) is 4.79 Å². The number of aliphatic hydroxyl groups is 1. The van der Waals surface area contributed by atoms with Gasteiger partial charge in [-0.15, -0.1) is 0 Å². The van der Waals surface area contributed by atoms with Crippen LogP contribution in [0.4, 0.5) is 4.79 Å². The molecule has 0 saturated carbocycles. The van der Waals surface area contributed by atoms with Gasteiger partial charge in [0, 0.05) is 19.6 Å². The zero-order valence-corrected chi connectivity index (χ0v) is 14.5. The molecule has 2 fully saturated rings. The number of rotatable bonds is 4. The zero-order valence-electron chi connectivity index (χ0n) is 14.5. The first kappa shape index (κ1) is 17.2. The van der Waals surface area contributed by atoms with E-state index >= 15 is 0 Å². The fourth-order valence-corrected chi connectivity index (χ4v) is 3.62. The maximum absolute atomic E-state index is 12.7. The Bertz CT molecular complexity index is 531. The van der Waals surface area contributed by atoms with Gasteiger partial charge in [-0.2, -0.15) is 0 Å². The Morgan fingerprint density at radius 2 is 1.96 bits per heavy atom. The van der Waals surface area contributed by atoms with Crippen molar-refractivity contribution in [3.05, 3.63) is 35.9 Å². The smallest absolute Gasteiger partial charge is 0.318 e. The normalized spacial score (nSPS) is 26.3. The monoisotopic (exact) mass is 331 g/mol. The molecule has 0 radical (unpaired) electrons. The Labute approximate surface area is 144 Å². The van der Waals surface area contributed by atoms with E-state index in [0.717, 1.165) is 38.2 Å². The summed E-state index contributed by atoms with van der Waals surface area (Å²) in [6.45, 7) is 6.26. The van der Waals surface area contributed by atoms with Crippen LogP contribution in [0.3, 0.4) is 0 Å². The number of amides is 2. The Hall–Kier alpha value is -1.59. The Morgan fingerprint density at radius 1 is 1.25 bits per heavy atom. The number of likely N-dealkylation sites (tertiary alicyclic amines) is 2. The molecule has 0 bridgehead atoms. The van der Waals surface area contributed by atoms with Crippen LogP contribution in [0.25, 0.3) is 0 Å². The van der Waals surface area contributed by atoms with Gasteiger partial charge in [0.2, 0.25) is 0 Å². The van der Waals surface area contributed by atoms with Crippen molar-refractivity contribution in [2.45, 2.75) is 38.3 Å². The summed E-state index contributed by atoms with van der Waals surface area (Å²) >= 11 is 0. The highest BCUT2D eigenvalue weighted by Gasteiger charge is 2.29. The molecule has 0 aliphatic carbocycles. The minimum absolute atomic E-state index is 0.00621. The van der Waals surface area contributed by atoms with Gasteiger partial charge >= 0.3 is 6.03 Å². The van der Waals surface area contributed by atoms with Crippen LogP contribution in [0, 0.1) is 5.92 Å². The molecule has 24 heavy (non-hydrogen) atoms. The van der Waals surface area contributed by atoms with Crippen molar-refractivity contribution in [2.75, 3.05) is 32.7 Å². The number of β-amino-alcohol motifs (C(OH)–C–C–N with tert-alkyl or cyclic N) is 1. The molecule has 2 aliphatic rings. The molecular formula is C19H29N3O2. The highest BCUT2D eigenvalue weighted by molar-refractivity contribution is 5.75. The molecule has 5 nitrogen and oxygen atoms in total. The van der Waals surface area contributed by atoms with E-state index in [0.29, 0.717) is 6.54 Å². The van der Waals surface area contributed by atoms with Crippen LogP contribution in [0.1, 0.15) is 37.8 Å². The Morgan fingerprint density at radius 3 is 2.62 bits per heavy atom. The molecule has 2 N–H and O–H groups in total. The highest BCUT2D eigenvalue weighted by Crippen LogP contribution is 2.20. The minimum atomic E-state index is -0.418. The van der Waals surface area contributed by atoms with Gasteiger partial charge in [0.25, 0.3) is 0 Å². The fourth-order valence-electron chi connectivity index (χ4n) is 3.62. The third kappa shape index (κ3) is 4.28. The van der Waals surface area contributed by atoms with Gasteiger partial charge in [-0.1, -0.05) is 37.3 Å². The molecule has 0 spiro atoms. The van der Waals surface area contributed by atoms with Crippen LogP contribution in [0.5, 0.6) is 0 Å². The number of benzene rings is 1. The summed E-state index contributed by atoms with van der Waals surface area (Å²) in [7, 11) is 0. The quantitative estimate of drug-likeness (QED) is 0.890. The number of carbonyl (C=O) groups excluding carboxylic acids is 1. The second kappa shape index (κ2) is 7.99. The summed E-state index contributed by atoms with van der Waals surface area (Å²) in [5.41, 5.74) is 1.14. The number of nitrogens with one attached hydrogen (secondary N) is 1. The number of hydrogen-bond donors (Lipinski definition) is 2. The maximum Gasteiger partial charge on any atom is 0.318 e. The molecule has 0 aromatic heterocycles. The van der Waals surface area contributed by atoms with E-state index in [4.69, 9.17) is 0 Å². The third-order valence-electron chi connectivity index (χ3n) is 5.34. The summed E-state index contributed by atoms with van der Waals surface area (Å²) in [5.74, 6) is 0.267. The highest BCUT2D eigenvalue weighted by atomic mass is 16.3. The maximum atomic E-state index is 12.7. The topological polar surface area (TPSA) is 55.8 Å². The summed E-state index contributed by atoms with van der Waals surface area (Å²) < 4.78 is 0. The van der Waals surface area contributed by atoms with Gasteiger partial charge in [-0.3, -0.25) is 0 Å². The molecule has 3 unspecified atom stereocenters. The molecule has 2 saturated heterocycles. The molecule has 2 heterocycles. The van der Waals surface area contributed by atoms with Crippen LogP contribution in [-0.4, -0.2) is 59.8 Å². The van der Waals surface area contributed by atoms with Crippen LogP contribution >= 0.6 is 0 Å². The van der Waals surface area contributed by atoms with Crippen molar-refractivity contribution in [3.63, 3.8) is 0 Å². The van der Waals surface area contributed by atoms with Crippen molar-refractivity contribution in [1.29, 1.82) is 0 Å². The SMILES string of the molecule is CC1CCN(C(=O)NC(CN2CCCC2)c2ccccc2)CC1O. The predicted molar refractivity (Wildman–Crippen MR) is 94.7 cm³/mol. The van der Waals surface area contributed by atoms with E-state index in [9.17, 15) is 9.90 Å². The van der Waals surface area contributed by atoms with Gasteiger partial charge in [0.1, 0.15) is 0 Å². The first-order valence-corrected chi connectivity index (χ1v) is 9.14. The lowest BCUT2D eigenvalue weighted by molar-refractivity contribution is 0.0427. The minimum Gasteiger partial charge on any atom is -0.391 e. The molecule has 2 aliphatic heterocycles. The molecule has 3 rings (SSSR count). The molecular weight excluding hydrogens is 302 g/mol. The molecule has 5 heteroatoms. The number of urea groups is 1. The van der Waals surface area contributed by atoms with Gasteiger partial charge in [0.05, 0.1) is 12.1 Å². The number of piperidine rings is 1. The van der Waals surface area contributed by atoms with E-state index in [1.807, 2.05) is 25.1 Å². The second-order valence-electron chi connectivity index (χ2n) is 7.20. The number of hydrogen-bond acceptors (Lipinski definition) is 3. The van der Waals surface area contributed by atoms with E-state index in [-0.39, 0.29) is 18.0 Å². The molecule has 2 amide bonds. The summed E-state index contributed by atoms with van der Waals surface area (Å²) in [6, 6.07) is 10.1. The van der Waals surface area contributed by atoms with Gasteiger partial charge < -0.3 is 20.2 Å². The van der Waals surface area contributed by atoms with E-state index in [1.54, 1.807) is 4.90 Å². The molecule has 1 aromatic carbocycles. The molecule has 132 valence electrons. The summed E-state index contributed by atoms with van der Waals surface area (Å²) in [5, 5.41) is 13.2. The fraction of sp³-hybridized carbons (Fsp3) is 0.632. The Kier molecular flexibility index (Phi) is 5.74. The Balaban J connectivity index is 1.65. The third-order valence-corrected chi connectivity index (χ3v) is 5.34. The first-order chi connectivity index (χ1) is 11.6. The zero-order chi connectivity index (χ0) is 16.9. The lowest BCUT2D eigenvalue weighted by Crippen LogP contribution is -2.51. The summed E-state index contributed by atoms with van der Waals surface area (Å²) in [6.07, 6.45) is 2.92. The second-order valence-corrected chi connectivity index (χ2v) is 7.20. The number of nitrogens with zero attached hydrogens (tertiary/aromatic N) is 2. The van der Waals surface area contributed by atoms with Gasteiger partial charge in [0.15, 0.2) is 0 Å². The molecule has 3 atom stereocenters. The average Bonchev–Trinajstić information content (AvgIpc) is 3.10. The van der Waals surface area contributed by atoms with Crippen molar-refractivity contribution in [2.24, 2.45) is 5.92 Å². The van der Waals surface area contributed by atoms with Crippen molar-refractivity contribution in [1.82, 2.24) is 15.1 Å². The van der Waals surface area contributed by atoms with Crippen LogP contribution in [0.2, 0.25) is 0 Å². The largest absolute Gasteiger partial charge is 0.391 e. The van der Waals surface area contributed by atoms with E-state index in [2.05, 4.69) is 22.3 Å². The lowest BCUT2D eigenvalue weighted by Gasteiger charge is -2.35. The van der Waals surface area contributed by atoms with Crippen LogP contribution < -0.4 is 5.32 Å². The number of aliphatic hydroxyl groups excluding tert-OH is 1. The van der Waals surface area contributed by atoms with E-state index < -0.39 is 6.10 Å². The number of carbonyl (C=O) groups is 1. The van der Waals surface area contributed by atoms with E-state index in [1.165, 1.54) is 12.8 Å². The van der Waals surface area contributed by atoms with Crippen molar-refractivity contribution in [3.8, 4) is 0 Å². The predicted octanol–water partition coefficient (Wildman–Crippen LogP) is 2.24. The summed E-state index contributed by atoms with van der Waals surface area (Å²) in [4.78, 5) is 16.9. The van der Waals surface area contributed by atoms with Gasteiger partial charge in [-0.05, 0) is 43.8 Å². The standard InChI is InChI=1S/C19H29N3O2/c1-15-9-12-22(14-18(15)23)19(24)20-17(13-21-10-5-6-11-21)16-7-3-2-4-8-16/h2-4,7-8,15,17-18,23H,5-6,9-14H2,1H3,(H,20,24). The first-order valence-electron chi connectivity index (χ1n) is 9.14. The average molecular weight is 331 g/mol. The lowest BCUT2D eigenvalue weighted by atomic mass is 9.96. The van der Waals surface area contributed by atoms with Crippen LogP contribution in [0.15, 0.2) is 30.3 Å². The molecule has 1 aromatic rings. The van der Waals surface area contributed by atoms with Crippen LogP contribution in [-0.2, 0) is 0 Å². The van der Waals surface area contributed by atoms with Crippen molar-refractivity contribution >= 4 is 6.03 Å².